The van der Waals surface area contributed by atoms with Gasteiger partial charge >= 0.3 is 6.09 Å². The lowest BCUT2D eigenvalue weighted by Crippen LogP contribution is -2.52. The molecule has 0 bridgehead atoms. The molecule has 0 aromatic heterocycles. The van der Waals surface area contributed by atoms with Gasteiger partial charge in [0.15, 0.2) is 0 Å². The van der Waals surface area contributed by atoms with Crippen LogP contribution in [0.15, 0.2) is 0 Å². The molecule has 2 aliphatic heterocycles. The Kier molecular flexibility index (Phi) is 3.82. The number of amides is 1. The molecule has 1 amide bonds. The van der Waals surface area contributed by atoms with Gasteiger partial charge in [-0.25, -0.2) is 4.79 Å². The lowest BCUT2D eigenvalue weighted by Gasteiger charge is -2.38. The van der Waals surface area contributed by atoms with Gasteiger partial charge in [0.25, 0.3) is 0 Å². The van der Waals surface area contributed by atoms with Crippen LogP contribution in [0.2, 0.25) is 0 Å². The monoisotopic (exact) mass is 255 g/mol. The van der Waals surface area contributed by atoms with Crippen LogP contribution in [-0.2, 0) is 4.74 Å². The normalized spacial score (nSPS) is 27.2. The van der Waals surface area contributed by atoms with Crippen molar-refractivity contribution < 1.29 is 9.53 Å². The lowest BCUT2D eigenvalue weighted by molar-refractivity contribution is 0.0452. The number of ether oxygens (including phenoxy) is 1. The number of carbonyl (C=O) groups is 1. The number of piperidine rings is 1. The molecule has 1 spiro atoms. The van der Waals surface area contributed by atoms with E-state index >= 15 is 0 Å². The predicted molar refractivity (Wildman–Crippen MR) is 70.6 cm³/mol. The van der Waals surface area contributed by atoms with Crippen LogP contribution in [0, 0.1) is 5.41 Å². The van der Waals surface area contributed by atoms with E-state index in [4.69, 9.17) is 4.74 Å². The second-order valence-electron chi connectivity index (χ2n) is 6.44. The van der Waals surface area contributed by atoms with Crippen molar-refractivity contribution in [1.29, 1.82) is 0 Å². The fourth-order valence-corrected chi connectivity index (χ4v) is 2.91. The molecule has 0 radical (unpaired) electrons. The van der Waals surface area contributed by atoms with Gasteiger partial charge in [-0.2, -0.15) is 0 Å². The van der Waals surface area contributed by atoms with Crippen molar-refractivity contribution in [2.45, 2.75) is 45.3 Å². The summed E-state index contributed by atoms with van der Waals surface area (Å²) in [5, 5.41) is 9.82. The first-order valence-corrected chi connectivity index (χ1v) is 6.82. The van der Waals surface area contributed by atoms with Gasteiger partial charge in [0.2, 0.25) is 0 Å². The minimum atomic E-state index is -0.433. The SMILES string of the molecule is CC(C)(C)OC(=O)N[C@@H]1CNCC12CCNCC2. The van der Waals surface area contributed by atoms with Crippen LogP contribution in [-0.4, -0.2) is 43.9 Å². The topological polar surface area (TPSA) is 62.4 Å². The highest BCUT2D eigenvalue weighted by molar-refractivity contribution is 5.68. The Morgan fingerprint density at radius 1 is 1.28 bits per heavy atom. The molecule has 0 saturated carbocycles. The maximum Gasteiger partial charge on any atom is 0.407 e. The Hall–Kier alpha value is -0.810. The zero-order chi connectivity index (χ0) is 13.2. The van der Waals surface area contributed by atoms with Crippen LogP contribution in [0.4, 0.5) is 4.79 Å². The molecule has 104 valence electrons. The zero-order valence-corrected chi connectivity index (χ0v) is 11.6. The van der Waals surface area contributed by atoms with Crippen molar-refractivity contribution in [3.63, 3.8) is 0 Å². The van der Waals surface area contributed by atoms with Crippen LogP contribution in [0.3, 0.4) is 0 Å². The molecule has 1 atom stereocenters. The maximum atomic E-state index is 11.9. The molecule has 2 rings (SSSR count). The summed E-state index contributed by atoms with van der Waals surface area (Å²) in [6.45, 7) is 9.58. The van der Waals surface area contributed by atoms with Crippen molar-refractivity contribution in [2.24, 2.45) is 5.41 Å². The molecular weight excluding hydrogens is 230 g/mol. The first-order valence-electron chi connectivity index (χ1n) is 6.82. The van der Waals surface area contributed by atoms with E-state index in [-0.39, 0.29) is 17.6 Å². The van der Waals surface area contributed by atoms with Crippen molar-refractivity contribution in [1.82, 2.24) is 16.0 Å². The molecule has 3 N–H and O–H groups in total. The summed E-state index contributed by atoms with van der Waals surface area (Å²) in [6, 6.07) is 0.189. The molecule has 2 aliphatic rings. The summed E-state index contributed by atoms with van der Waals surface area (Å²) in [5.41, 5.74) is -0.223. The molecule has 0 aliphatic carbocycles. The summed E-state index contributed by atoms with van der Waals surface area (Å²) in [4.78, 5) is 11.9. The second kappa shape index (κ2) is 5.05. The third-order valence-electron chi connectivity index (χ3n) is 3.86. The molecule has 5 nitrogen and oxygen atoms in total. The third-order valence-corrected chi connectivity index (χ3v) is 3.86. The molecule has 18 heavy (non-hydrogen) atoms. The van der Waals surface area contributed by atoms with Gasteiger partial charge < -0.3 is 20.7 Å². The highest BCUT2D eigenvalue weighted by Crippen LogP contribution is 2.35. The summed E-state index contributed by atoms with van der Waals surface area (Å²) in [5.74, 6) is 0. The highest BCUT2D eigenvalue weighted by atomic mass is 16.6. The molecule has 0 unspecified atom stereocenters. The molecule has 2 saturated heterocycles. The van der Waals surface area contributed by atoms with Gasteiger partial charge in [-0.1, -0.05) is 0 Å². The Morgan fingerprint density at radius 3 is 2.56 bits per heavy atom. The number of hydrogen-bond acceptors (Lipinski definition) is 4. The first-order chi connectivity index (χ1) is 8.41. The minimum Gasteiger partial charge on any atom is -0.444 e. The molecule has 2 fully saturated rings. The fourth-order valence-electron chi connectivity index (χ4n) is 2.91. The van der Waals surface area contributed by atoms with Crippen LogP contribution < -0.4 is 16.0 Å². The summed E-state index contributed by atoms with van der Waals surface area (Å²) in [7, 11) is 0. The third kappa shape index (κ3) is 3.14. The summed E-state index contributed by atoms with van der Waals surface area (Å²) in [6.07, 6.45) is 1.93. The average molecular weight is 255 g/mol. The zero-order valence-electron chi connectivity index (χ0n) is 11.6. The largest absolute Gasteiger partial charge is 0.444 e. The van der Waals surface area contributed by atoms with Crippen LogP contribution in [0.1, 0.15) is 33.6 Å². The molecule has 0 aromatic carbocycles. The summed E-state index contributed by atoms with van der Waals surface area (Å²) >= 11 is 0. The van der Waals surface area contributed by atoms with Gasteiger partial charge in [0.1, 0.15) is 5.60 Å². The standard InChI is InChI=1S/C13H25N3O2/c1-12(2,3)18-11(17)16-10-8-15-9-13(10)4-6-14-7-5-13/h10,14-15H,4-9H2,1-3H3,(H,16,17)/t10-/m1/s1. The van der Waals surface area contributed by atoms with E-state index in [1.54, 1.807) is 0 Å². The average Bonchev–Trinajstić information content (AvgIpc) is 2.60. The van der Waals surface area contributed by atoms with E-state index in [1.807, 2.05) is 20.8 Å². The lowest BCUT2D eigenvalue weighted by atomic mass is 9.75. The van der Waals surface area contributed by atoms with E-state index in [9.17, 15) is 4.79 Å². The van der Waals surface area contributed by atoms with E-state index in [0.717, 1.165) is 39.0 Å². The second-order valence-corrected chi connectivity index (χ2v) is 6.44. The maximum absolute atomic E-state index is 11.9. The van der Waals surface area contributed by atoms with Gasteiger partial charge in [-0.15, -0.1) is 0 Å². The van der Waals surface area contributed by atoms with E-state index < -0.39 is 5.60 Å². The predicted octanol–water partition coefficient (Wildman–Crippen LogP) is 0.853. The van der Waals surface area contributed by atoms with E-state index in [0.29, 0.717) is 0 Å². The number of rotatable bonds is 1. The van der Waals surface area contributed by atoms with Crippen LogP contribution in [0.5, 0.6) is 0 Å². The summed E-state index contributed by atoms with van der Waals surface area (Å²) < 4.78 is 5.34. The van der Waals surface area contributed by atoms with Crippen molar-refractivity contribution >= 4 is 6.09 Å². The first kappa shape index (κ1) is 13.6. The Morgan fingerprint density at radius 2 is 1.94 bits per heavy atom. The smallest absolute Gasteiger partial charge is 0.407 e. The molecule has 5 heteroatoms. The van der Waals surface area contributed by atoms with Gasteiger partial charge in [0.05, 0.1) is 6.04 Å². The van der Waals surface area contributed by atoms with Crippen molar-refractivity contribution in [2.75, 3.05) is 26.2 Å². The number of carbonyl (C=O) groups excluding carboxylic acids is 1. The van der Waals surface area contributed by atoms with Gasteiger partial charge in [-0.3, -0.25) is 0 Å². The Labute approximate surface area is 109 Å². The van der Waals surface area contributed by atoms with Crippen LogP contribution in [0.25, 0.3) is 0 Å². The Balaban J connectivity index is 1.93. The van der Waals surface area contributed by atoms with E-state index in [2.05, 4.69) is 16.0 Å². The number of nitrogens with one attached hydrogen (secondary N) is 3. The quantitative estimate of drug-likeness (QED) is 0.650. The number of hydrogen-bond donors (Lipinski definition) is 3. The highest BCUT2D eigenvalue weighted by Gasteiger charge is 2.44. The molecular formula is C13H25N3O2. The van der Waals surface area contributed by atoms with Gasteiger partial charge in [-0.05, 0) is 46.7 Å². The van der Waals surface area contributed by atoms with Crippen molar-refractivity contribution in [3.05, 3.63) is 0 Å². The molecule has 0 aromatic rings. The molecule has 2 heterocycles. The van der Waals surface area contributed by atoms with Crippen molar-refractivity contribution in [3.8, 4) is 0 Å². The van der Waals surface area contributed by atoms with Gasteiger partial charge in [0, 0.05) is 18.5 Å². The van der Waals surface area contributed by atoms with E-state index in [1.165, 1.54) is 0 Å². The minimum absolute atomic E-state index is 0.189. The number of alkyl carbamates (subject to hydrolysis) is 1. The Bertz CT molecular complexity index is 306. The fraction of sp³-hybridized carbons (Fsp3) is 0.923. The van der Waals surface area contributed by atoms with Crippen LogP contribution >= 0.6 is 0 Å².